The molecule has 6 heteroatoms. The van der Waals surface area contributed by atoms with Crippen molar-refractivity contribution in [3.05, 3.63) is 23.8 Å². The van der Waals surface area contributed by atoms with E-state index in [1.165, 1.54) is 6.42 Å². The van der Waals surface area contributed by atoms with Crippen molar-refractivity contribution in [2.24, 2.45) is 5.16 Å². The molecule has 1 aromatic rings. The van der Waals surface area contributed by atoms with E-state index < -0.39 is 6.10 Å². The van der Waals surface area contributed by atoms with Gasteiger partial charge < -0.3 is 19.2 Å². The third-order valence-corrected chi connectivity index (χ3v) is 4.75. The number of methoxy groups -OCH3 is 2. The quantitative estimate of drug-likeness (QED) is 0.850. The number of hydrogen-bond donors (Lipinski definition) is 0. The molecule has 6 nitrogen and oxygen atoms in total. The standard InChI is InChI=1S/C18H24N2O4/c1-12-6-4-5-9-20(12)18(21)17-11-15(19-24-17)14-10-13(22-2)7-8-16(14)23-3/h7-8,10,12,17H,4-6,9,11H2,1-3H3/t12-,17-/m0/s1. The van der Waals surface area contributed by atoms with Gasteiger partial charge in [0.1, 0.15) is 11.5 Å². The number of carbonyl (C=O) groups is 1. The maximum absolute atomic E-state index is 12.7. The van der Waals surface area contributed by atoms with Crippen LogP contribution < -0.4 is 9.47 Å². The molecule has 0 radical (unpaired) electrons. The van der Waals surface area contributed by atoms with Crippen LogP contribution in [0.25, 0.3) is 0 Å². The van der Waals surface area contributed by atoms with Crippen LogP contribution >= 0.6 is 0 Å². The summed E-state index contributed by atoms with van der Waals surface area (Å²) in [6, 6.07) is 5.79. The lowest BCUT2D eigenvalue weighted by atomic mass is 10.00. The molecule has 3 rings (SSSR count). The zero-order chi connectivity index (χ0) is 17.1. The molecule has 0 bridgehead atoms. The van der Waals surface area contributed by atoms with E-state index >= 15 is 0 Å². The Morgan fingerprint density at radius 1 is 1.29 bits per heavy atom. The number of rotatable bonds is 4. The Balaban J connectivity index is 1.74. The fourth-order valence-electron chi connectivity index (χ4n) is 3.32. The van der Waals surface area contributed by atoms with Crippen LogP contribution in [0.2, 0.25) is 0 Å². The van der Waals surface area contributed by atoms with Crippen LogP contribution in [-0.2, 0) is 9.63 Å². The average Bonchev–Trinajstić information content (AvgIpc) is 3.11. The van der Waals surface area contributed by atoms with Gasteiger partial charge in [-0.2, -0.15) is 0 Å². The predicted molar refractivity (Wildman–Crippen MR) is 90.6 cm³/mol. The van der Waals surface area contributed by atoms with Gasteiger partial charge in [0.2, 0.25) is 6.10 Å². The molecule has 0 N–H and O–H groups in total. The summed E-state index contributed by atoms with van der Waals surface area (Å²) in [6.07, 6.45) is 3.19. The Labute approximate surface area is 142 Å². The fraction of sp³-hybridized carbons (Fsp3) is 0.556. The molecule has 0 spiro atoms. The first-order valence-corrected chi connectivity index (χ1v) is 8.39. The van der Waals surface area contributed by atoms with Gasteiger partial charge in [0.05, 0.1) is 19.9 Å². The third-order valence-electron chi connectivity index (χ3n) is 4.75. The number of amides is 1. The fourth-order valence-corrected chi connectivity index (χ4v) is 3.32. The van der Waals surface area contributed by atoms with Crippen LogP contribution in [0.5, 0.6) is 11.5 Å². The normalized spacial score (nSPS) is 23.5. The highest BCUT2D eigenvalue weighted by Crippen LogP contribution is 2.29. The van der Waals surface area contributed by atoms with Crippen LogP contribution in [0.4, 0.5) is 0 Å². The summed E-state index contributed by atoms with van der Waals surface area (Å²) in [5.41, 5.74) is 1.52. The van der Waals surface area contributed by atoms with Crippen LogP contribution in [0.1, 0.15) is 38.2 Å². The maximum atomic E-state index is 12.7. The molecule has 2 atom stereocenters. The summed E-state index contributed by atoms with van der Waals surface area (Å²) in [4.78, 5) is 20.1. The van der Waals surface area contributed by atoms with Gasteiger partial charge in [-0.25, -0.2) is 0 Å². The number of benzene rings is 1. The topological polar surface area (TPSA) is 60.4 Å². The monoisotopic (exact) mass is 332 g/mol. The molecule has 0 saturated carbocycles. The predicted octanol–water partition coefficient (Wildman–Crippen LogP) is 2.60. The number of hydrogen-bond acceptors (Lipinski definition) is 5. The number of oxime groups is 1. The molecule has 2 aliphatic rings. The minimum Gasteiger partial charge on any atom is -0.497 e. The molecule has 0 aliphatic carbocycles. The van der Waals surface area contributed by atoms with Crippen molar-refractivity contribution in [3.63, 3.8) is 0 Å². The van der Waals surface area contributed by atoms with Gasteiger partial charge in [-0.1, -0.05) is 5.16 Å². The van der Waals surface area contributed by atoms with Crippen LogP contribution in [0, 0.1) is 0 Å². The van der Waals surface area contributed by atoms with Crippen LogP contribution in [0.15, 0.2) is 23.4 Å². The molecule has 2 aliphatic heterocycles. The summed E-state index contributed by atoms with van der Waals surface area (Å²) >= 11 is 0. The number of piperidine rings is 1. The molecule has 1 amide bonds. The molecule has 130 valence electrons. The van der Waals surface area contributed by atoms with Crippen molar-refractivity contribution < 1.29 is 19.1 Å². The van der Waals surface area contributed by atoms with E-state index in [9.17, 15) is 4.79 Å². The van der Waals surface area contributed by atoms with E-state index in [0.29, 0.717) is 23.6 Å². The van der Waals surface area contributed by atoms with E-state index in [4.69, 9.17) is 14.3 Å². The van der Waals surface area contributed by atoms with Crippen molar-refractivity contribution in [2.75, 3.05) is 20.8 Å². The zero-order valence-electron chi connectivity index (χ0n) is 14.4. The van der Waals surface area contributed by atoms with Gasteiger partial charge in [-0.15, -0.1) is 0 Å². The summed E-state index contributed by atoms with van der Waals surface area (Å²) < 4.78 is 10.7. The Bertz CT molecular complexity index is 644. The minimum atomic E-state index is -0.545. The first-order chi connectivity index (χ1) is 11.6. The van der Waals surface area contributed by atoms with E-state index in [-0.39, 0.29) is 11.9 Å². The third kappa shape index (κ3) is 3.18. The lowest BCUT2D eigenvalue weighted by Crippen LogP contribution is -2.47. The lowest BCUT2D eigenvalue weighted by molar-refractivity contribution is -0.145. The van der Waals surface area contributed by atoms with E-state index in [1.807, 2.05) is 23.1 Å². The average molecular weight is 332 g/mol. The second kappa shape index (κ2) is 7.11. The summed E-state index contributed by atoms with van der Waals surface area (Å²) in [5, 5.41) is 4.15. The van der Waals surface area contributed by atoms with Gasteiger partial charge in [-0.05, 0) is 44.4 Å². The maximum Gasteiger partial charge on any atom is 0.267 e. The highest BCUT2D eigenvalue weighted by atomic mass is 16.6. The molecule has 24 heavy (non-hydrogen) atoms. The SMILES string of the molecule is COc1ccc(OC)c(C2=NO[C@H](C(=O)N3CCCC[C@@H]3C)C2)c1. The van der Waals surface area contributed by atoms with Crippen molar-refractivity contribution in [2.45, 2.75) is 44.8 Å². The number of likely N-dealkylation sites (tertiary alicyclic amines) is 1. The zero-order valence-corrected chi connectivity index (χ0v) is 14.4. The lowest BCUT2D eigenvalue weighted by Gasteiger charge is -2.34. The second-order valence-electron chi connectivity index (χ2n) is 6.28. The van der Waals surface area contributed by atoms with Gasteiger partial charge in [0.15, 0.2) is 0 Å². The number of ether oxygens (including phenoxy) is 2. The van der Waals surface area contributed by atoms with Crippen molar-refractivity contribution in [3.8, 4) is 11.5 Å². The summed E-state index contributed by atoms with van der Waals surface area (Å²) in [6.45, 7) is 2.90. The van der Waals surface area contributed by atoms with Gasteiger partial charge >= 0.3 is 0 Å². The molecule has 0 unspecified atom stereocenters. The van der Waals surface area contributed by atoms with Gasteiger partial charge in [0.25, 0.3) is 5.91 Å². The minimum absolute atomic E-state index is 0.0304. The summed E-state index contributed by atoms with van der Waals surface area (Å²) in [5.74, 6) is 1.44. The molecule has 0 aromatic heterocycles. The van der Waals surface area contributed by atoms with Crippen LogP contribution in [0.3, 0.4) is 0 Å². The molecular formula is C18H24N2O4. The highest BCUT2D eigenvalue weighted by molar-refractivity contribution is 6.06. The Hall–Kier alpha value is -2.24. The first-order valence-electron chi connectivity index (χ1n) is 8.39. The Morgan fingerprint density at radius 2 is 2.12 bits per heavy atom. The van der Waals surface area contributed by atoms with Crippen molar-refractivity contribution in [1.29, 1.82) is 0 Å². The second-order valence-corrected chi connectivity index (χ2v) is 6.28. The van der Waals surface area contributed by atoms with E-state index in [1.54, 1.807) is 14.2 Å². The Morgan fingerprint density at radius 3 is 2.83 bits per heavy atom. The van der Waals surface area contributed by atoms with Crippen LogP contribution in [-0.4, -0.2) is 49.4 Å². The van der Waals surface area contributed by atoms with Gasteiger partial charge in [0, 0.05) is 24.6 Å². The van der Waals surface area contributed by atoms with Crippen molar-refractivity contribution in [1.82, 2.24) is 4.90 Å². The summed E-state index contributed by atoms with van der Waals surface area (Å²) in [7, 11) is 3.22. The van der Waals surface area contributed by atoms with E-state index in [0.717, 1.165) is 24.9 Å². The van der Waals surface area contributed by atoms with Gasteiger partial charge in [-0.3, -0.25) is 4.79 Å². The van der Waals surface area contributed by atoms with E-state index in [2.05, 4.69) is 12.1 Å². The number of carbonyl (C=O) groups excluding carboxylic acids is 1. The first kappa shape index (κ1) is 16.6. The highest BCUT2D eigenvalue weighted by Gasteiger charge is 2.35. The molecule has 1 aromatic carbocycles. The molecule has 1 fully saturated rings. The Kier molecular flexibility index (Phi) is 4.92. The molecular weight excluding hydrogens is 308 g/mol. The largest absolute Gasteiger partial charge is 0.497 e. The molecule has 2 heterocycles. The van der Waals surface area contributed by atoms with Crippen molar-refractivity contribution >= 4 is 11.6 Å². The molecule has 1 saturated heterocycles. The smallest absolute Gasteiger partial charge is 0.267 e. The number of nitrogens with zero attached hydrogens (tertiary/aromatic N) is 2.